The van der Waals surface area contributed by atoms with Crippen LogP contribution >= 0.6 is 31.9 Å². The fraction of sp³-hybridized carbons (Fsp3) is 0.0714. The van der Waals surface area contributed by atoms with Crippen molar-refractivity contribution in [3.05, 3.63) is 50.9 Å². The quantitative estimate of drug-likeness (QED) is 0.594. The van der Waals surface area contributed by atoms with Crippen molar-refractivity contribution in [2.75, 3.05) is 7.11 Å². The number of ether oxygens (including phenoxy) is 2. The maximum Gasteiger partial charge on any atom is 0.141 e. The maximum atomic E-state index is 7.40. The molecule has 0 aromatic heterocycles. The van der Waals surface area contributed by atoms with Gasteiger partial charge in [0.1, 0.15) is 23.1 Å². The van der Waals surface area contributed by atoms with Gasteiger partial charge in [0.2, 0.25) is 0 Å². The van der Waals surface area contributed by atoms with E-state index in [9.17, 15) is 0 Å². The fourth-order valence-corrected chi connectivity index (χ4v) is 2.46. The summed E-state index contributed by atoms with van der Waals surface area (Å²) in [4.78, 5) is 0. The van der Waals surface area contributed by atoms with Gasteiger partial charge >= 0.3 is 0 Å². The monoisotopic (exact) mass is 398 g/mol. The van der Waals surface area contributed by atoms with Crippen LogP contribution in [0.2, 0.25) is 0 Å². The Kier molecular flexibility index (Phi) is 4.67. The van der Waals surface area contributed by atoms with Gasteiger partial charge < -0.3 is 15.2 Å². The van der Waals surface area contributed by atoms with Gasteiger partial charge in [-0.2, -0.15) is 0 Å². The molecule has 0 bridgehead atoms. The maximum absolute atomic E-state index is 7.40. The van der Waals surface area contributed by atoms with E-state index < -0.39 is 0 Å². The van der Waals surface area contributed by atoms with Crippen LogP contribution in [0.25, 0.3) is 0 Å². The highest BCUT2D eigenvalue weighted by Crippen LogP contribution is 2.36. The van der Waals surface area contributed by atoms with Gasteiger partial charge in [0.05, 0.1) is 16.1 Å². The zero-order valence-corrected chi connectivity index (χ0v) is 13.8. The fourth-order valence-electron chi connectivity index (χ4n) is 1.56. The molecule has 0 saturated carbocycles. The molecule has 0 spiro atoms. The Bertz CT molecular complexity index is 660. The molecule has 0 unspecified atom stereocenters. The number of benzene rings is 2. The van der Waals surface area contributed by atoms with Crippen LogP contribution < -0.4 is 15.2 Å². The summed E-state index contributed by atoms with van der Waals surface area (Å²) in [6.45, 7) is 0. The number of nitrogens with two attached hydrogens (primary N) is 1. The second-order valence-corrected chi connectivity index (χ2v) is 5.67. The Labute approximate surface area is 133 Å². The normalized spacial score (nSPS) is 10.2. The van der Waals surface area contributed by atoms with Gasteiger partial charge in [0, 0.05) is 5.56 Å². The van der Waals surface area contributed by atoms with Crippen LogP contribution in [-0.2, 0) is 0 Å². The third-order valence-corrected chi connectivity index (χ3v) is 3.84. The number of nitrogen functional groups attached to an aromatic ring is 1. The summed E-state index contributed by atoms with van der Waals surface area (Å²) >= 11 is 6.84. The molecule has 0 fully saturated rings. The molecule has 0 atom stereocenters. The van der Waals surface area contributed by atoms with Crippen LogP contribution in [0.4, 0.5) is 0 Å². The van der Waals surface area contributed by atoms with E-state index in [1.165, 1.54) is 0 Å². The van der Waals surface area contributed by atoms with Crippen LogP contribution in [0.3, 0.4) is 0 Å². The van der Waals surface area contributed by atoms with E-state index >= 15 is 0 Å². The molecule has 2 aromatic carbocycles. The Morgan fingerprint density at radius 1 is 1.05 bits per heavy atom. The van der Waals surface area contributed by atoms with E-state index in [2.05, 4.69) is 31.9 Å². The third-order valence-electron chi connectivity index (χ3n) is 2.60. The summed E-state index contributed by atoms with van der Waals surface area (Å²) in [5.74, 6) is 2.07. The minimum atomic E-state index is 0.0166. The summed E-state index contributed by atoms with van der Waals surface area (Å²) in [6.07, 6.45) is 0. The molecule has 20 heavy (non-hydrogen) atoms. The predicted octanol–water partition coefficient (Wildman–Crippen LogP) is 4.30. The van der Waals surface area contributed by atoms with Crippen LogP contribution in [0.1, 0.15) is 5.56 Å². The Balaban J connectivity index is 2.28. The summed E-state index contributed by atoms with van der Waals surface area (Å²) in [7, 11) is 1.61. The number of hydrogen-bond donors (Lipinski definition) is 2. The van der Waals surface area contributed by atoms with Crippen molar-refractivity contribution in [1.29, 1.82) is 5.41 Å². The van der Waals surface area contributed by atoms with E-state index in [1.807, 2.05) is 18.2 Å². The van der Waals surface area contributed by atoms with Gasteiger partial charge in [0.25, 0.3) is 0 Å². The number of hydrogen-bond acceptors (Lipinski definition) is 3. The first kappa shape index (κ1) is 14.9. The minimum absolute atomic E-state index is 0.0166. The first-order chi connectivity index (χ1) is 9.51. The molecular weight excluding hydrogens is 388 g/mol. The number of nitrogens with one attached hydrogen (secondary N) is 1. The van der Waals surface area contributed by atoms with E-state index in [-0.39, 0.29) is 5.84 Å². The molecule has 0 saturated heterocycles. The van der Waals surface area contributed by atoms with Gasteiger partial charge in [-0.3, -0.25) is 5.41 Å². The van der Waals surface area contributed by atoms with Crippen molar-refractivity contribution in [2.24, 2.45) is 5.73 Å². The lowest BCUT2D eigenvalue weighted by molar-refractivity contribution is 0.412. The lowest BCUT2D eigenvalue weighted by Gasteiger charge is -2.11. The SMILES string of the molecule is COc1ccc(Oc2ccc(C(=N)N)cc2Br)c(Br)c1. The lowest BCUT2D eigenvalue weighted by atomic mass is 10.2. The van der Waals surface area contributed by atoms with Crippen molar-refractivity contribution in [3.63, 3.8) is 0 Å². The summed E-state index contributed by atoms with van der Waals surface area (Å²) in [5, 5.41) is 7.40. The highest BCUT2D eigenvalue weighted by atomic mass is 79.9. The van der Waals surface area contributed by atoms with Crippen molar-refractivity contribution < 1.29 is 9.47 Å². The van der Waals surface area contributed by atoms with Crippen LogP contribution in [0.5, 0.6) is 17.2 Å². The first-order valence-corrected chi connectivity index (χ1v) is 7.25. The van der Waals surface area contributed by atoms with Gasteiger partial charge in [-0.05, 0) is 68.3 Å². The highest BCUT2D eigenvalue weighted by molar-refractivity contribution is 9.11. The highest BCUT2D eigenvalue weighted by Gasteiger charge is 2.09. The number of methoxy groups -OCH3 is 1. The Hall–Kier alpha value is -1.53. The standard InChI is InChI=1S/C14H12Br2N2O2/c1-19-9-3-5-13(11(16)7-9)20-12-4-2-8(14(17)18)6-10(12)15/h2-7H,1H3,(H3,17,18). The summed E-state index contributed by atoms with van der Waals surface area (Å²) in [5.41, 5.74) is 6.08. The Morgan fingerprint density at radius 3 is 2.15 bits per heavy atom. The lowest BCUT2D eigenvalue weighted by Crippen LogP contribution is -2.10. The topological polar surface area (TPSA) is 68.3 Å². The molecule has 4 nitrogen and oxygen atoms in total. The zero-order valence-electron chi connectivity index (χ0n) is 10.6. The predicted molar refractivity (Wildman–Crippen MR) is 85.9 cm³/mol. The minimum Gasteiger partial charge on any atom is -0.497 e. The third kappa shape index (κ3) is 3.32. The zero-order chi connectivity index (χ0) is 14.7. The molecular formula is C14H12Br2N2O2. The van der Waals surface area contributed by atoms with Crippen LogP contribution in [0.15, 0.2) is 45.3 Å². The molecule has 3 N–H and O–H groups in total. The molecule has 0 aliphatic heterocycles. The molecule has 6 heteroatoms. The number of rotatable bonds is 4. The summed E-state index contributed by atoms with van der Waals surface area (Å²) in [6, 6.07) is 10.7. The average Bonchev–Trinajstić information content (AvgIpc) is 2.42. The molecule has 0 heterocycles. The van der Waals surface area contributed by atoms with Gasteiger partial charge in [-0.15, -0.1) is 0 Å². The average molecular weight is 400 g/mol. The van der Waals surface area contributed by atoms with E-state index in [0.29, 0.717) is 17.1 Å². The largest absolute Gasteiger partial charge is 0.497 e. The van der Waals surface area contributed by atoms with E-state index in [1.54, 1.807) is 25.3 Å². The molecule has 104 valence electrons. The number of halogens is 2. The second kappa shape index (κ2) is 6.28. The van der Waals surface area contributed by atoms with Gasteiger partial charge in [0.15, 0.2) is 0 Å². The van der Waals surface area contributed by atoms with Crippen molar-refractivity contribution in [2.45, 2.75) is 0 Å². The molecule has 0 amide bonds. The molecule has 0 aliphatic rings. The van der Waals surface area contributed by atoms with E-state index in [0.717, 1.165) is 14.7 Å². The smallest absolute Gasteiger partial charge is 0.141 e. The van der Waals surface area contributed by atoms with Gasteiger partial charge in [-0.1, -0.05) is 0 Å². The molecule has 2 aromatic rings. The van der Waals surface area contributed by atoms with Crippen LogP contribution in [0, 0.1) is 5.41 Å². The summed E-state index contributed by atoms with van der Waals surface area (Å²) < 4.78 is 12.5. The van der Waals surface area contributed by atoms with Crippen molar-refractivity contribution in [1.82, 2.24) is 0 Å². The van der Waals surface area contributed by atoms with Crippen molar-refractivity contribution >= 4 is 37.7 Å². The molecule has 0 aliphatic carbocycles. The molecule has 0 radical (unpaired) electrons. The van der Waals surface area contributed by atoms with Gasteiger partial charge in [-0.25, -0.2) is 0 Å². The van der Waals surface area contributed by atoms with Crippen molar-refractivity contribution in [3.8, 4) is 17.2 Å². The Morgan fingerprint density at radius 2 is 1.65 bits per heavy atom. The molecule has 2 rings (SSSR count). The first-order valence-electron chi connectivity index (χ1n) is 5.66. The van der Waals surface area contributed by atoms with Crippen LogP contribution in [-0.4, -0.2) is 12.9 Å². The number of amidine groups is 1. The second-order valence-electron chi connectivity index (χ2n) is 3.96. The van der Waals surface area contributed by atoms with E-state index in [4.69, 9.17) is 20.6 Å².